The molecule has 1 aliphatic carbocycles. The Balaban J connectivity index is 1.73. The highest BCUT2D eigenvalue weighted by Gasteiger charge is 2.61. The van der Waals surface area contributed by atoms with Gasteiger partial charge in [0.1, 0.15) is 5.41 Å². The van der Waals surface area contributed by atoms with Crippen LogP contribution in [0.1, 0.15) is 29.9 Å². The molecule has 36 heavy (non-hydrogen) atoms. The zero-order valence-corrected chi connectivity index (χ0v) is 19.7. The number of carbonyl (C=O) groups is 2. The fourth-order valence-corrected chi connectivity index (χ4v) is 5.34. The van der Waals surface area contributed by atoms with E-state index in [2.05, 4.69) is 5.10 Å². The number of nitro benzene ring substituents is 1. The Bertz CT molecular complexity index is 1400. The molecule has 0 bridgehead atoms. The second-order valence-electron chi connectivity index (χ2n) is 8.81. The zero-order chi connectivity index (χ0) is 25.4. The SMILES string of the molecule is COC(=O)C1=C[C@]2(C(=O)N(c3ccccc3)N=C2C)[C@H](c2ccccc2)[C@H]1c1ccc([N+](=O)[O-])cc1. The molecule has 1 heterocycles. The molecule has 0 N–H and O–H groups in total. The van der Waals surface area contributed by atoms with Crippen LogP contribution in [0.3, 0.4) is 0 Å². The van der Waals surface area contributed by atoms with Gasteiger partial charge in [-0.3, -0.25) is 14.9 Å². The number of nitrogens with zero attached hydrogens (tertiary/aromatic N) is 3. The van der Waals surface area contributed by atoms with Crippen LogP contribution in [0.2, 0.25) is 0 Å². The number of non-ortho nitro benzene ring substituents is 1. The van der Waals surface area contributed by atoms with E-state index in [4.69, 9.17) is 4.74 Å². The summed E-state index contributed by atoms with van der Waals surface area (Å²) in [6.07, 6.45) is 1.69. The maximum atomic E-state index is 14.2. The number of anilines is 1. The van der Waals surface area contributed by atoms with Gasteiger partial charge in [-0.15, -0.1) is 0 Å². The Morgan fingerprint density at radius 2 is 1.58 bits per heavy atom. The monoisotopic (exact) mass is 481 g/mol. The first-order valence-corrected chi connectivity index (χ1v) is 11.4. The number of hydrazone groups is 1. The van der Waals surface area contributed by atoms with Crippen LogP contribution in [0, 0.1) is 15.5 Å². The van der Waals surface area contributed by atoms with Crippen LogP contribution in [-0.4, -0.2) is 29.6 Å². The second kappa shape index (κ2) is 8.88. The van der Waals surface area contributed by atoms with E-state index in [1.165, 1.54) is 24.3 Å². The summed E-state index contributed by atoms with van der Waals surface area (Å²) in [5.41, 5.74) is 1.70. The Morgan fingerprint density at radius 3 is 2.17 bits per heavy atom. The van der Waals surface area contributed by atoms with E-state index >= 15 is 0 Å². The first-order chi connectivity index (χ1) is 17.4. The summed E-state index contributed by atoms with van der Waals surface area (Å²) in [6, 6.07) is 24.7. The van der Waals surface area contributed by atoms with Gasteiger partial charge >= 0.3 is 5.97 Å². The van der Waals surface area contributed by atoms with Gasteiger partial charge < -0.3 is 4.74 Å². The van der Waals surface area contributed by atoms with Crippen LogP contribution in [0.5, 0.6) is 0 Å². The molecule has 1 spiro atoms. The second-order valence-corrected chi connectivity index (χ2v) is 8.81. The molecule has 3 aromatic carbocycles. The van der Waals surface area contributed by atoms with Gasteiger partial charge in [-0.25, -0.2) is 4.79 Å². The van der Waals surface area contributed by atoms with Crippen LogP contribution in [0.25, 0.3) is 0 Å². The van der Waals surface area contributed by atoms with Crippen molar-refractivity contribution in [3.8, 4) is 0 Å². The smallest absolute Gasteiger partial charge is 0.334 e. The molecule has 1 aliphatic heterocycles. The fraction of sp³-hybridized carbons (Fsp3) is 0.179. The number of nitro groups is 1. The molecule has 0 fully saturated rings. The lowest BCUT2D eigenvalue weighted by molar-refractivity contribution is -0.384. The van der Waals surface area contributed by atoms with E-state index in [0.29, 0.717) is 22.5 Å². The van der Waals surface area contributed by atoms with E-state index in [1.54, 1.807) is 37.3 Å². The van der Waals surface area contributed by atoms with Crippen molar-refractivity contribution < 1.29 is 19.2 Å². The molecule has 5 rings (SSSR count). The number of hydrogen-bond donors (Lipinski definition) is 0. The minimum absolute atomic E-state index is 0.0590. The number of ether oxygens (including phenoxy) is 1. The third-order valence-corrected chi connectivity index (χ3v) is 6.98. The van der Waals surface area contributed by atoms with Crippen molar-refractivity contribution in [1.82, 2.24) is 0 Å². The van der Waals surface area contributed by atoms with Gasteiger partial charge in [-0.1, -0.05) is 66.7 Å². The average Bonchev–Trinajstić information content (AvgIpc) is 3.40. The Kier molecular flexibility index (Phi) is 5.72. The van der Waals surface area contributed by atoms with Gasteiger partial charge in [-0.05, 0) is 30.2 Å². The lowest BCUT2D eigenvalue weighted by atomic mass is 9.66. The van der Waals surface area contributed by atoms with Crippen molar-refractivity contribution in [2.45, 2.75) is 18.8 Å². The minimum atomic E-state index is -1.24. The fourth-order valence-electron chi connectivity index (χ4n) is 5.34. The summed E-state index contributed by atoms with van der Waals surface area (Å²) in [6.45, 7) is 1.79. The van der Waals surface area contributed by atoms with E-state index in [-0.39, 0.29) is 11.6 Å². The third kappa shape index (κ3) is 3.50. The number of hydrogen-bond acceptors (Lipinski definition) is 6. The predicted octanol–water partition coefficient (Wildman–Crippen LogP) is 4.98. The molecule has 8 nitrogen and oxygen atoms in total. The molecule has 3 aromatic rings. The van der Waals surface area contributed by atoms with Crippen molar-refractivity contribution in [2.75, 3.05) is 12.1 Å². The summed E-state index contributed by atoms with van der Waals surface area (Å²) in [5, 5.41) is 17.3. The lowest BCUT2D eigenvalue weighted by Crippen LogP contribution is -2.41. The van der Waals surface area contributed by atoms with Gasteiger partial charge in [0, 0.05) is 29.5 Å². The number of methoxy groups -OCH3 is 1. The third-order valence-electron chi connectivity index (χ3n) is 6.98. The summed E-state index contributed by atoms with van der Waals surface area (Å²) in [4.78, 5) is 38.1. The van der Waals surface area contributed by atoms with Crippen molar-refractivity contribution in [3.05, 3.63) is 118 Å². The molecule has 0 radical (unpaired) electrons. The number of amides is 1. The predicted molar refractivity (Wildman–Crippen MR) is 135 cm³/mol. The van der Waals surface area contributed by atoms with Gasteiger partial charge in [0.2, 0.25) is 0 Å². The normalized spacial score (nSPS) is 22.9. The highest BCUT2D eigenvalue weighted by molar-refractivity contribution is 6.22. The average molecular weight is 482 g/mol. The molecular weight excluding hydrogens is 458 g/mol. The van der Waals surface area contributed by atoms with Crippen LogP contribution in [0.4, 0.5) is 11.4 Å². The Hall–Kier alpha value is -4.59. The molecule has 0 aromatic heterocycles. The molecule has 3 atom stereocenters. The summed E-state index contributed by atoms with van der Waals surface area (Å²) in [5.74, 6) is -1.95. The van der Waals surface area contributed by atoms with Crippen molar-refractivity contribution >= 4 is 29.0 Å². The van der Waals surface area contributed by atoms with Crippen molar-refractivity contribution in [1.29, 1.82) is 0 Å². The van der Waals surface area contributed by atoms with Gasteiger partial charge in [0.05, 0.1) is 23.4 Å². The maximum Gasteiger partial charge on any atom is 0.334 e. The van der Waals surface area contributed by atoms with Crippen LogP contribution in [-0.2, 0) is 14.3 Å². The minimum Gasteiger partial charge on any atom is -0.466 e. The topological polar surface area (TPSA) is 102 Å². The number of carbonyl (C=O) groups excluding carboxylic acids is 2. The molecule has 0 saturated carbocycles. The molecule has 8 heteroatoms. The van der Waals surface area contributed by atoms with Crippen LogP contribution in [0.15, 0.2) is 102 Å². The van der Waals surface area contributed by atoms with E-state index in [1.807, 2.05) is 48.5 Å². The summed E-state index contributed by atoms with van der Waals surface area (Å²) >= 11 is 0. The lowest BCUT2D eigenvalue weighted by Gasteiger charge is -2.34. The van der Waals surface area contributed by atoms with Gasteiger partial charge in [0.25, 0.3) is 11.6 Å². The summed E-state index contributed by atoms with van der Waals surface area (Å²) in [7, 11) is 1.30. The van der Waals surface area contributed by atoms with Gasteiger partial charge in [0.15, 0.2) is 0 Å². The number of rotatable bonds is 5. The maximum absolute atomic E-state index is 14.2. The van der Waals surface area contributed by atoms with Crippen LogP contribution < -0.4 is 5.01 Å². The molecule has 2 aliphatic rings. The highest BCUT2D eigenvalue weighted by atomic mass is 16.6. The van der Waals surface area contributed by atoms with E-state index in [0.717, 1.165) is 5.56 Å². The molecule has 180 valence electrons. The molecule has 1 amide bonds. The van der Waals surface area contributed by atoms with Crippen molar-refractivity contribution in [3.63, 3.8) is 0 Å². The molecular formula is C28H23N3O5. The van der Waals surface area contributed by atoms with Crippen LogP contribution >= 0.6 is 0 Å². The number of benzene rings is 3. The quantitative estimate of drug-likeness (QED) is 0.290. The Morgan fingerprint density at radius 1 is 0.972 bits per heavy atom. The summed E-state index contributed by atoms with van der Waals surface area (Å²) < 4.78 is 5.14. The first-order valence-electron chi connectivity index (χ1n) is 11.4. The van der Waals surface area contributed by atoms with E-state index < -0.39 is 28.1 Å². The largest absolute Gasteiger partial charge is 0.466 e. The number of para-hydroxylation sites is 1. The Labute approximate surface area is 207 Å². The molecule has 0 unspecified atom stereocenters. The van der Waals surface area contributed by atoms with Crippen molar-refractivity contribution in [2.24, 2.45) is 10.5 Å². The van der Waals surface area contributed by atoms with Gasteiger partial charge in [-0.2, -0.15) is 10.1 Å². The zero-order valence-electron chi connectivity index (χ0n) is 19.7. The van der Waals surface area contributed by atoms with E-state index in [9.17, 15) is 19.7 Å². The molecule has 0 saturated heterocycles. The standard InChI is InChI=1S/C28H23N3O5/c1-18-28(27(33)30(29-18)21-11-7-4-8-12-21)17-23(26(32)36-2)24(25(28)20-9-5-3-6-10-20)19-13-15-22(16-14-19)31(34)35/h3-17,24-25H,1-2H3/t24-,25+,28+/m0/s1. The number of esters is 1. The highest BCUT2D eigenvalue weighted by Crippen LogP contribution is 2.59. The first kappa shape index (κ1) is 23.2.